The van der Waals surface area contributed by atoms with Gasteiger partial charge in [-0.25, -0.2) is 0 Å². The Balaban J connectivity index is 1.87. The van der Waals surface area contributed by atoms with Crippen LogP contribution in [-0.4, -0.2) is 30.9 Å². The van der Waals surface area contributed by atoms with Crippen LogP contribution in [-0.2, 0) is 4.79 Å². The highest BCUT2D eigenvalue weighted by Crippen LogP contribution is 2.28. The maximum absolute atomic E-state index is 12.5. The molecule has 1 amide bonds. The Hall–Kier alpha value is -1.20. The second-order valence-corrected chi connectivity index (χ2v) is 7.60. The Morgan fingerprint density at radius 3 is 2.52 bits per heavy atom. The molecule has 1 fully saturated rings. The van der Waals surface area contributed by atoms with Gasteiger partial charge in [0, 0.05) is 17.5 Å². The van der Waals surface area contributed by atoms with Crippen molar-refractivity contribution in [1.82, 2.24) is 5.32 Å². The van der Waals surface area contributed by atoms with E-state index < -0.39 is 0 Å². The fraction of sp³-hybridized carbons (Fsp3) is 0.611. The fourth-order valence-corrected chi connectivity index (χ4v) is 3.99. The molecule has 2 unspecified atom stereocenters. The lowest BCUT2D eigenvalue weighted by Gasteiger charge is -2.30. The molecule has 1 aliphatic rings. The van der Waals surface area contributed by atoms with E-state index in [0.717, 1.165) is 10.6 Å². The third-order valence-corrected chi connectivity index (χ3v) is 5.65. The average Bonchev–Trinajstić information content (AvgIpc) is 2.60. The number of ether oxygens (including phenoxy) is 1. The van der Waals surface area contributed by atoms with Crippen molar-refractivity contribution >= 4 is 17.7 Å². The maximum atomic E-state index is 12.5. The molecule has 0 bridgehead atoms. The number of nitrogens with two attached hydrogens (primary N) is 1. The topological polar surface area (TPSA) is 64.3 Å². The number of carbonyl (C=O) groups is 1. The first-order valence-corrected chi connectivity index (χ1v) is 9.33. The first-order valence-electron chi connectivity index (χ1n) is 8.45. The van der Waals surface area contributed by atoms with Gasteiger partial charge in [0.05, 0.1) is 12.4 Å². The zero-order valence-electron chi connectivity index (χ0n) is 14.1. The fourth-order valence-electron chi connectivity index (χ4n) is 3.12. The second-order valence-electron chi connectivity index (χ2n) is 6.18. The van der Waals surface area contributed by atoms with Crippen molar-refractivity contribution < 1.29 is 9.53 Å². The van der Waals surface area contributed by atoms with E-state index in [1.165, 1.54) is 32.1 Å². The maximum Gasteiger partial charge on any atom is 0.233 e. The van der Waals surface area contributed by atoms with E-state index in [2.05, 4.69) is 5.32 Å². The number of methoxy groups -OCH3 is 1. The number of nitrogens with one attached hydrogen (secondary N) is 1. The third kappa shape index (κ3) is 5.43. The highest BCUT2D eigenvalue weighted by atomic mass is 32.2. The largest absolute Gasteiger partial charge is 0.497 e. The predicted molar refractivity (Wildman–Crippen MR) is 95.9 cm³/mol. The van der Waals surface area contributed by atoms with Gasteiger partial charge in [-0.15, -0.1) is 11.8 Å². The molecule has 0 aromatic heterocycles. The van der Waals surface area contributed by atoms with E-state index in [0.29, 0.717) is 12.5 Å². The lowest BCUT2D eigenvalue weighted by atomic mass is 9.84. The standard InChI is InChI=1S/C18H28N2O2S/c1-13(23-16-10-8-15(22-2)9-11-16)18(21)20-17(12-19)14-6-4-3-5-7-14/h8-11,13-14,17H,3-7,12,19H2,1-2H3,(H,20,21). The Labute approximate surface area is 143 Å². The molecule has 1 saturated carbocycles. The van der Waals surface area contributed by atoms with E-state index in [1.807, 2.05) is 31.2 Å². The van der Waals surface area contributed by atoms with Gasteiger partial charge in [-0.1, -0.05) is 19.3 Å². The normalized spacial score (nSPS) is 18.2. The van der Waals surface area contributed by atoms with Crippen LogP contribution in [0.15, 0.2) is 29.2 Å². The minimum Gasteiger partial charge on any atom is -0.497 e. The van der Waals surface area contributed by atoms with Crippen LogP contribution in [0.5, 0.6) is 5.75 Å². The van der Waals surface area contributed by atoms with E-state index in [1.54, 1.807) is 18.9 Å². The highest BCUT2D eigenvalue weighted by molar-refractivity contribution is 8.00. The first kappa shape index (κ1) is 18.1. The smallest absolute Gasteiger partial charge is 0.233 e. The average molecular weight is 337 g/mol. The van der Waals surface area contributed by atoms with Crippen LogP contribution in [0.25, 0.3) is 0 Å². The zero-order chi connectivity index (χ0) is 16.7. The monoisotopic (exact) mass is 336 g/mol. The molecule has 0 saturated heterocycles. The Morgan fingerprint density at radius 1 is 1.30 bits per heavy atom. The van der Waals surface area contributed by atoms with Crippen LogP contribution in [0.1, 0.15) is 39.0 Å². The van der Waals surface area contributed by atoms with Gasteiger partial charge in [-0.3, -0.25) is 4.79 Å². The van der Waals surface area contributed by atoms with Crippen molar-refractivity contribution in [3.8, 4) is 5.75 Å². The Kier molecular flexibility index (Phi) is 7.24. The quantitative estimate of drug-likeness (QED) is 0.751. The summed E-state index contributed by atoms with van der Waals surface area (Å²) in [6.07, 6.45) is 6.19. The molecule has 1 aromatic carbocycles. The number of benzene rings is 1. The van der Waals surface area contributed by atoms with Gasteiger partial charge in [0.2, 0.25) is 5.91 Å². The number of hydrogen-bond acceptors (Lipinski definition) is 4. The summed E-state index contributed by atoms with van der Waals surface area (Å²) < 4.78 is 5.15. The molecule has 3 N–H and O–H groups in total. The molecule has 2 rings (SSSR count). The summed E-state index contributed by atoms with van der Waals surface area (Å²) in [5.74, 6) is 1.44. The molecule has 23 heavy (non-hydrogen) atoms. The number of rotatable bonds is 7. The van der Waals surface area contributed by atoms with Crippen molar-refractivity contribution in [2.24, 2.45) is 11.7 Å². The van der Waals surface area contributed by atoms with Gasteiger partial charge < -0.3 is 15.8 Å². The van der Waals surface area contributed by atoms with E-state index in [-0.39, 0.29) is 17.2 Å². The second kappa shape index (κ2) is 9.18. The molecule has 0 spiro atoms. The third-order valence-electron chi connectivity index (χ3n) is 4.54. The molecule has 1 aromatic rings. The number of thioether (sulfide) groups is 1. The SMILES string of the molecule is COc1ccc(SC(C)C(=O)NC(CN)C2CCCCC2)cc1. The summed E-state index contributed by atoms with van der Waals surface area (Å²) in [7, 11) is 1.65. The molecule has 0 heterocycles. The summed E-state index contributed by atoms with van der Waals surface area (Å²) in [5, 5.41) is 3.03. The van der Waals surface area contributed by atoms with Crippen LogP contribution in [0.4, 0.5) is 0 Å². The molecule has 4 nitrogen and oxygen atoms in total. The number of hydrogen-bond donors (Lipinski definition) is 2. The van der Waals surface area contributed by atoms with Crippen LogP contribution >= 0.6 is 11.8 Å². The molecular formula is C18H28N2O2S. The van der Waals surface area contributed by atoms with Gasteiger partial charge in [0.1, 0.15) is 5.75 Å². The molecule has 1 aliphatic carbocycles. The minimum atomic E-state index is -0.138. The summed E-state index contributed by atoms with van der Waals surface area (Å²) in [5.41, 5.74) is 5.90. The van der Waals surface area contributed by atoms with Crippen LogP contribution in [0.3, 0.4) is 0 Å². The zero-order valence-corrected chi connectivity index (χ0v) is 14.9. The molecule has 5 heteroatoms. The van der Waals surface area contributed by atoms with Crippen molar-refractivity contribution in [2.75, 3.05) is 13.7 Å². The van der Waals surface area contributed by atoms with Gasteiger partial charge in [-0.2, -0.15) is 0 Å². The van der Waals surface area contributed by atoms with Gasteiger partial charge in [-0.05, 0) is 49.9 Å². The summed E-state index contributed by atoms with van der Waals surface area (Å²) in [4.78, 5) is 13.5. The van der Waals surface area contributed by atoms with Gasteiger partial charge in [0.15, 0.2) is 0 Å². The van der Waals surface area contributed by atoms with Crippen molar-refractivity contribution in [1.29, 1.82) is 0 Å². The highest BCUT2D eigenvalue weighted by Gasteiger charge is 2.25. The van der Waals surface area contributed by atoms with Gasteiger partial charge >= 0.3 is 0 Å². The molecule has 0 aliphatic heterocycles. The van der Waals surface area contributed by atoms with E-state index >= 15 is 0 Å². The molecule has 2 atom stereocenters. The predicted octanol–water partition coefficient (Wildman–Crippen LogP) is 3.20. The Bertz CT molecular complexity index is 486. The van der Waals surface area contributed by atoms with Crippen molar-refractivity contribution in [2.45, 2.75) is 55.2 Å². The number of carbonyl (C=O) groups excluding carboxylic acids is 1. The van der Waals surface area contributed by atoms with Crippen molar-refractivity contribution in [3.05, 3.63) is 24.3 Å². The molecular weight excluding hydrogens is 308 g/mol. The van der Waals surface area contributed by atoms with E-state index in [4.69, 9.17) is 10.5 Å². The van der Waals surface area contributed by atoms with Crippen LogP contribution < -0.4 is 15.8 Å². The number of amides is 1. The van der Waals surface area contributed by atoms with Crippen LogP contribution in [0, 0.1) is 5.92 Å². The Morgan fingerprint density at radius 2 is 1.96 bits per heavy atom. The lowest BCUT2D eigenvalue weighted by molar-refractivity contribution is -0.121. The minimum absolute atomic E-state index is 0.0758. The summed E-state index contributed by atoms with van der Waals surface area (Å²) in [6.45, 7) is 2.47. The molecule has 0 radical (unpaired) electrons. The van der Waals surface area contributed by atoms with E-state index in [9.17, 15) is 4.79 Å². The lowest BCUT2D eigenvalue weighted by Crippen LogP contribution is -2.48. The van der Waals surface area contributed by atoms with Gasteiger partial charge in [0.25, 0.3) is 0 Å². The van der Waals surface area contributed by atoms with Crippen LogP contribution in [0.2, 0.25) is 0 Å². The first-order chi connectivity index (χ1) is 11.1. The van der Waals surface area contributed by atoms with Crippen molar-refractivity contribution in [3.63, 3.8) is 0 Å². The molecule has 128 valence electrons. The summed E-state index contributed by atoms with van der Waals surface area (Å²) >= 11 is 1.56. The summed E-state index contributed by atoms with van der Waals surface area (Å²) in [6, 6.07) is 7.90.